The summed E-state index contributed by atoms with van der Waals surface area (Å²) in [7, 11) is 0. The molecule has 0 aromatic heterocycles. The molecule has 0 aliphatic rings. The molecule has 0 aliphatic carbocycles. The lowest BCUT2D eigenvalue weighted by atomic mass is 10.0. The molecule has 0 amide bonds. The number of carboxylic acid groups (broad SMARTS) is 1. The first kappa shape index (κ1) is 15.7. The predicted octanol–water partition coefficient (Wildman–Crippen LogP) is 2.34. The largest absolute Gasteiger partial charge is 0.489 e. The van der Waals surface area contributed by atoms with E-state index in [4.69, 9.17) is 9.84 Å². The van der Waals surface area contributed by atoms with Crippen LogP contribution >= 0.6 is 0 Å². The minimum atomic E-state index is -1.54. The number of Topliss-reactive ketones (excluding diaryl/α,β-unsaturated/α-hetero) is 1. The predicted molar refractivity (Wildman–Crippen MR) is 79.4 cm³/mol. The second-order valence-corrected chi connectivity index (χ2v) is 4.79. The molecule has 2 aromatic rings. The van der Waals surface area contributed by atoms with E-state index in [1.165, 1.54) is 0 Å². The summed E-state index contributed by atoms with van der Waals surface area (Å²) >= 11 is 0. The van der Waals surface area contributed by atoms with Crippen LogP contribution in [0.15, 0.2) is 54.6 Å². The zero-order valence-corrected chi connectivity index (χ0v) is 11.8. The van der Waals surface area contributed by atoms with Gasteiger partial charge in [-0.15, -0.1) is 0 Å². The van der Waals surface area contributed by atoms with E-state index in [9.17, 15) is 14.7 Å². The second-order valence-electron chi connectivity index (χ2n) is 4.79. The van der Waals surface area contributed by atoms with Crippen molar-refractivity contribution in [2.75, 3.05) is 0 Å². The average molecular weight is 300 g/mol. The summed E-state index contributed by atoms with van der Waals surface area (Å²) in [5.74, 6) is -1.93. The second kappa shape index (κ2) is 7.38. The van der Waals surface area contributed by atoms with Gasteiger partial charge in [0.15, 0.2) is 0 Å². The number of aliphatic hydroxyl groups is 1. The zero-order chi connectivity index (χ0) is 15.9. The number of aliphatic hydroxyl groups excluding tert-OH is 1. The summed E-state index contributed by atoms with van der Waals surface area (Å²) in [5, 5.41) is 18.3. The molecule has 2 rings (SSSR count). The van der Waals surface area contributed by atoms with Crippen molar-refractivity contribution in [2.24, 2.45) is 0 Å². The minimum Gasteiger partial charge on any atom is -0.489 e. The summed E-state index contributed by atoms with van der Waals surface area (Å²) < 4.78 is 5.60. The molecule has 0 saturated carbocycles. The third-order valence-electron chi connectivity index (χ3n) is 3.13. The molecule has 0 radical (unpaired) electrons. The summed E-state index contributed by atoms with van der Waals surface area (Å²) in [6, 6.07) is 16.3. The van der Waals surface area contributed by atoms with Crippen LogP contribution < -0.4 is 4.74 Å². The molecule has 5 heteroatoms. The van der Waals surface area contributed by atoms with Gasteiger partial charge in [-0.1, -0.05) is 42.5 Å². The van der Waals surface area contributed by atoms with E-state index < -0.39 is 24.3 Å². The van der Waals surface area contributed by atoms with Crippen LogP contribution in [0.3, 0.4) is 0 Å². The van der Waals surface area contributed by atoms with Gasteiger partial charge in [-0.3, -0.25) is 4.79 Å². The van der Waals surface area contributed by atoms with Gasteiger partial charge >= 0.3 is 5.97 Å². The lowest BCUT2D eigenvalue weighted by Gasteiger charge is -2.11. The Labute approximate surface area is 127 Å². The Morgan fingerprint density at radius 3 is 2.23 bits per heavy atom. The number of benzene rings is 2. The first-order chi connectivity index (χ1) is 10.6. The maximum atomic E-state index is 11.1. The van der Waals surface area contributed by atoms with E-state index in [1.807, 2.05) is 30.3 Å². The molecule has 0 bridgehead atoms. The van der Waals surface area contributed by atoms with Gasteiger partial charge in [0.1, 0.15) is 12.4 Å². The number of rotatable bonds is 7. The van der Waals surface area contributed by atoms with Crippen molar-refractivity contribution < 1.29 is 24.5 Å². The SMILES string of the molecule is O=C(O)C(=O)CC(O)c1ccc(OCc2ccccc2)cc1. The van der Waals surface area contributed by atoms with E-state index >= 15 is 0 Å². The summed E-state index contributed by atoms with van der Waals surface area (Å²) in [6.45, 7) is 0.431. The number of ketones is 1. The van der Waals surface area contributed by atoms with Crippen molar-refractivity contribution in [2.45, 2.75) is 19.1 Å². The van der Waals surface area contributed by atoms with Crippen LogP contribution in [0, 0.1) is 0 Å². The highest BCUT2D eigenvalue weighted by molar-refractivity contribution is 6.32. The Hall–Kier alpha value is -2.66. The quantitative estimate of drug-likeness (QED) is 0.767. The van der Waals surface area contributed by atoms with E-state index in [2.05, 4.69) is 0 Å². The summed E-state index contributed by atoms with van der Waals surface area (Å²) in [5.41, 5.74) is 1.51. The molecular formula is C17H16O5. The van der Waals surface area contributed by atoms with Crippen LogP contribution in [0.1, 0.15) is 23.7 Å². The monoisotopic (exact) mass is 300 g/mol. The first-order valence-corrected chi connectivity index (χ1v) is 6.77. The zero-order valence-electron chi connectivity index (χ0n) is 11.8. The number of carboxylic acids is 1. The fourth-order valence-electron chi connectivity index (χ4n) is 1.91. The molecule has 2 N–H and O–H groups in total. The molecular weight excluding hydrogens is 284 g/mol. The van der Waals surface area contributed by atoms with Crippen molar-refractivity contribution in [3.05, 3.63) is 65.7 Å². The molecule has 0 aliphatic heterocycles. The van der Waals surface area contributed by atoms with E-state index in [-0.39, 0.29) is 0 Å². The maximum absolute atomic E-state index is 11.1. The molecule has 2 aromatic carbocycles. The normalized spacial score (nSPS) is 11.7. The van der Waals surface area contributed by atoms with Gasteiger partial charge in [0, 0.05) is 6.42 Å². The van der Waals surface area contributed by atoms with Crippen molar-refractivity contribution in [3.63, 3.8) is 0 Å². The van der Waals surface area contributed by atoms with Crippen molar-refractivity contribution in [3.8, 4) is 5.75 Å². The van der Waals surface area contributed by atoms with Gasteiger partial charge in [-0.05, 0) is 23.3 Å². The molecule has 22 heavy (non-hydrogen) atoms. The Bertz CT molecular complexity index is 634. The summed E-state index contributed by atoms with van der Waals surface area (Å²) in [4.78, 5) is 21.5. The molecule has 0 saturated heterocycles. The third kappa shape index (κ3) is 4.43. The Kier molecular flexibility index (Phi) is 5.27. The Balaban J connectivity index is 1.92. The molecule has 114 valence electrons. The van der Waals surface area contributed by atoms with E-state index in [0.29, 0.717) is 17.9 Å². The van der Waals surface area contributed by atoms with Crippen molar-refractivity contribution in [1.82, 2.24) is 0 Å². The highest BCUT2D eigenvalue weighted by atomic mass is 16.5. The van der Waals surface area contributed by atoms with Crippen LogP contribution in [0.5, 0.6) is 5.75 Å². The molecule has 0 spiro atoms. The Morgan fingerprint density at radius 1 is 1.00 bits per heavy atom. The number of aliphatic carboxylic acids is 1. The number of hydrogen-bond acceptors (Lipinski definition) is 4. The van der Waals surface area contributed by atoms with Gasteiger partial charge in [0.25, 0.3) is 0 Å². The average Bonchev–Trinajstić information content (AvgIpc) is 2.54. The molecule has 0 heterocycles. The van der Waals surface area contributed by atoms with Gasteiger partial charge in [-0.2, -0.15) is 0 Å². The van der Waals surface area contributed by atoms with Crippen molar-refractivity contribution in [1.29, 1.82) is 0 Å². The molecule has 0 fully saturated rings. The van der Waals surface area contributed by atoms with Crippen LogP contribution in [-0.4, -0.2) is 22.0 Å². The van der Waals surface area contributed by atoms with Crippen LogP contribution in [0.25, 0.3) is 0 Å². The van der Waals surface area contributed by atoms with E-state index in [0.717, 1.165) is 5.56 Å². The maximum Gasteiger partial charge on any atom is 0.372 e. The highest BCUT2D eigenvalue weighted by Crippen LogP contribution is 2.21. The third-order valence-corrected chi connectivity index (χ3v) is 3.13. The molecule has 1 unspecified atom stereocenters. The van der Waals surface area contributed by atoms with E-state index in [1.54, 1.807) is 24.3 Å². The first-order valence-electron chi connectivity index (χ1n) is 6.77. The number of hydrogen-bond donors (Lipinski definition) is 2. The summed E-state index contributed by atoms with van der Waals surface area (Å²) in [6.07, 6.45) is -1.58. The fourth-order valence-corrected chi connectivity index (χ4v) is 1.91. The van der Waals surface area contributed by atoms with Gasteiger partial charge in [0.2, 0.25) is 5.78 Å². The smallest absolute Gasteiger partial charge is 0.372 e. The molecule has 1 atom stereocenters. The van der Waals surface area contributed by atoms with Crippen LogP contribution in [0.4, 0.5) is 0 Å². The topological polar surface area (TPSA) is 83.8 Å². The van der Waals surface area contributed by atoms with Gasteiger partial charge in [0.05, 0.1) is 6.10 Å². The standard InChI is InChI=1S/C17H16O5/c18-15(10-16(19)17(20)21)13-6-8-14(9-7-13)22-11-12-4-2-1-3-5-12/h1-9,15,18H,10-11H2,(H,20,21). The number of carbonyl (C=O) groups excluding carboxylic acids is 1. The fraction of sp³-hybridized carbons (Fsp3) is 0.176. The number of ether oxygens (including phenoxy) is 1. The van der Waals surface area contributed by atoms with Crippen molar-refractivity contribution >= 4 is 11.8 Å². The Morgan fingerprint density at radius 2 is 1.64 bits per heavy atom. The van der Waals surface area contributed by atoms with Crippen LogP contribution in [-0.2, 0) is 16.2 Å². The van der Waals surface area contributed by atoms with Crippen LogP contribution in [0.2, 0.25) is 0 Å². The van der Waals surface area contributed by atoms with Gasteiger partial charge < -0.3 is 14.9 Å². The molecule has 5 nitrogen and oxygen atoms in total. The lowest BCUT2D eigenvalue weighted by Crippen LogP contribution is -2.16. The lowest BCUT2D eigenvalue weighted by molar-refractivity contribution is -0.150. The van der Waals surface area contributed by atoms with Gasteiger partial charge in [-0.25, -0.2) is 4.79 Å². The minimum absolute atomic E-state index is 0.431. The number of carbonyl (C=O) groups is 2. The highest BCUT2D eigenvalue weighted by Gasteiger charge is 2.18.